The number of hydrogen-bond acceptors (Lipinski definition) is 7. The summed E-state index contributed by atoms with van der Waals surface area (Å²) in [5, 5.41) is 8.16. The Balaban J connectivity index is 1.31. The fourth-order valence-electron chi connectivity index (χ4n) is 4.87. The second kappa shape index (κ2) is 11.4. The molecule has 9 nitrogen and oxygen atoms in total. The number of nitrogens with one attached hydrogen (secondary N) is 1. The van der Waals surface area contributed by atoms with Gasteiger partial charge >= 0.3 is 6.03 Å². The van der Waals surface area contributed by atoms with E-state index in [0.717, 1.165) is 45.5 Å². The van der Waals surface area contributed by atoms with Crippen LogP contribution in [0.15, 0.2) is 82.1 Å². The molecule has 6 rings (SSSR count). The first-order valence-electron chi connectivity index (χ1n) is 13.2. The molecule has 10 heteroatoms. The van der Waals surface area contributed by atoms with Gasteiger partial charge < -0.3 is 19.6 Å². The Morgan fingerprint density at radius 1 is 1.00 bits per heavy atom. The van der Waals surface area contributed by atoms with Gasteiger partial charge in [0, 0.05) is 55.0 Å². The van der Waals surface area contributed by atoms with Gasteiger partial charge in [0.2, 0.25) is 0 Å². The molecule has 40 heavy (non-hydrogen) atoms. The Bertz CT molecular complexity index is 1640. The van der Waals surface area contributed by atoms with Gasteiger partial charge in [0.1, 0.15) is 22.7 Å². The van der Waals surface area contributed by atoms with Crippen molar-refractivity contribution in [1.29, 1.82) is 0 Å². The third-order valence-corrected chi connectivity index (χ3v) is 7.67. The van der Waals surface area contributed by atoms with E-state index in [1.165, 1.54) is 5.56 Å². The van der Waals surface area contributed by atoms with Gasteiger partial charge in [0.05, 0.1) is 5.69 Å². The predicted octanol–water partition coefficient (Wildman–Crippen LogP) is 6.09. The number of para-hydroxylation sites is 1. The number of carbonyl (C=O) groups excluding carboxylic acids is 1. The Kier molecular flexibility index (Phi) is 7.41. The number of nitrogens with zero attached hydrogens (tertiary/aromatic N) is 6. The molecule has 0 bridgehead atoms. The number of rotatable bonds is 5. The zero-order valence-corrected chi connectivity index (χ0v) is 23.6. The first-order chi connectivity index (χ1) is 19.5. The standard InChI is InChI=1S/C30H28BrN7O2/c1-20-9-11-21(12-10-20)18-25-34-28(26-27(36-40-29(26)35-25)22-6-4-13-32-19-22)37-14-5-15-38(17-16-37)30(39)33-24-8-3-2-7-23(24)31/h2-4,6-13,19H,5,14-18H2,1H3,(H,33,39). The first kappa shape index (κ1) is 25.9. The molecule has 2 amide bonds. The van der Waals surface area contributed by atoms with Crippen LogP contribution in [0.4, 0.5) is 16.3 Å². The van der Waals surface area contributed by atoms with Crippen LogP contribution in [0, 0.1) is 6.92 Å². The van der Waals surface area contributed by atoms with E-state index in [1.54, 1.807) is 12.4 Å². The zero-order chi connectivity index (χ0) is 27.5. The van der Waals surface area contributed by atoms with Crippen molar-refractivity contribution in [2.45, 2.75) is 19.8 Å². The fourth-order valence-corrected chi connectivity index (χ4v) is 5.25. The number of carbonyl (C=O) groups is 1. The number of hydrogen-bond donors (Lipinski definition) is 1. The Morgan fingerprint density at radius 3 is 2.65 bits per heavy atom. The Hall–Kier alpha value is -4.31. The third kappa shape index (κ3) is 5.53. The van der Waals surface area contributed by atoms with Crippen LogP contribution in [-0.4, -0.2) is 57.2 Å². The van der Waals surface area contributed by atoms with E-state index in [4.69, 9.17) is 14.5 Å². The van der Waals surface area contributed by atoms with Gasteiger partial charge in [-0.05, 0) is 59.1 Å². The number of urea groups is 1. The topological polar surface area (TPSA) is 100 Å². The van der Waals surface area contributed by atoms with E-state index < -0.39 is 0 Å². The lowest BCUT2D eigenvalue weighted by molar-refractivity contribution is 0.215. The number of aromatic nitrogens is 4. The van der Waals surface area contributed by atoms with E-state index >= 15 is 0 Å². The van der Waals surface area contributed by atoms with Crippen LogP contribution in [0.3, 0.4) is 0 Å². The number of fused-ring (bicyclic) bond motifs is 1. The molecular weight excluding hydrogens is 570 g/mol. The Morgan fingerprint density at radius 2 is 1.85 bits per heavy atom. The molecule has 0 atom stereocenters. The highest BCUT2D eigenvalue weighted by atomic mass is 79.9. The lowest BCUT2D eigenvalue weighted by Gasteiger charge is -2.24. The monoisotopic (exact) mass is 597 g/mol. The summed E-state index contributed by atoms with van der Waals surface area (Å²) in [4.78, 5) is 31.3. The minimum absolute atomic E-state index is 0.123. The van der Waals surface area contributed by atoms with Crippen molar-refractivity contribution in [1.82, 2.24) is 25.0 Å². The SMILES string of the molecule is Cc1ccc(Cc2nc(N3CCCN(C(=O)Nc4ccccc4Br)CC3)c3c(-c4cccnc4)noc3n2)cc1. The highest BCUT2D eigenvalue weighted by Gasteiger charge is 2.26. The van der Waals surface area contributed by atoms with Gasteiger partial charge in [-0.1, -0.05) is 47.1 Å². The van der Waals surface area contributed by atoms with E-state index in [9.17, 15) is 4.79 Å². The maximum absolute atomic E-state index is 13.1. The van der Waals surface area contributed by atoms with Crippen molar-refractivity contribution < 1.29 is 9.32 Å². The van der Waals surface area contributed by atoms with Crippen molar-refractivity contribution in [3.8, 4) is 11.3 Å². The average molecular weight is 599 g/mol. The average Bonchev–Trinajstić information content (AvgIpc) is 3.24. The second-order valence-corrected chi connectivity index (χ2v) is 10.7. The van der Waals surface area contributed by atoms with E-state index in [2.05, 4.69) is 67.5 Å². The van der Waals surface area contributed by atoms with E-state index in [1.807, 2.05) is 41.3 Å². The first-order valence-corrected chi connectivity index (χ1v) is 14.0. The molecule has 1 N–H and O–H groups in total. The molecule has 0 aliphatic carbocycles. The molecule has 5 aromatic rings. The van der Waals surface area contributed by atoms with Crippen LogP contribution in [0.5, 0.6) is 0 Å². The lowest BCUT2D eigenvalue weighted by Crippen LogP contribution is -2.38. The van der Waals surface area contributed by atoms with Crippen LogP contribution in [0.1, 0.15) is 23.4 Å². The summed E-state index contributed by atoms with van der Waals surface area (Å²) in [6, 6.07) is 19.7. The van der Waals surface area contributed by atoms with Crippen LogP contribution in [0.25, 0.3) is 22.4 Å². The summed E-state index contributed by atoms with van der Waals surface area (Å²) in [5.41, 5.74) is 5.01. The number of amides is 2. The largest absolute Gasteiger partial charge is 0.354 e. The molecule has 202 valence electrons. The third-order valence-electron chi connectivity index (χ3n) is 6.98. The van der Waals surface area contributed by atoms with Gasteiger partial charge in [-0.3, -0.25) is 4.98 Å². The highest BCUT2D eigenvalue weighted by Crippen LogP contribution is 2.34. The number of anilines is 2. The summed E-state index contributed by atoms with van der Waals surface area (Å²) in [7, 11) is 0. The number of aryl methyl sites for hydroxylation is 1. The molecular formula is C30H28BrN7O2. The van der Waals surface area contributed by atoms with Gasteiger partial charge in [-0.15, -0.1) is 0 Å². The molecule has 0 spiro atoms. The Labute approximate surface area is 240 Å². The summed E-state index contributed by atoms with van der Waals surface area (Å²) < 4.78 is 6.61. The van der Waals surface area contributed by atoms with Crippen LogP contribution in [0.2, 0.25) is 0 Å². The molecule has 0 saturated carbocycles. The van der Waals surface area contributed by atoms with Gasteiger partial charge in [0.25, 0.3) is 5.71 Å². The van der Waals surface area contributed by atoms with Crippen LogP contribution < -0.4 is 10.2 Å². The minimum atomic E-state index is -0.123. The molecule has 2 aromatic carbocycles. The number of halogens is 1. The van der Waals surface area contributed by atoms with Gasteiger partial charge in [-0.25, -0.2) is 9.78 Å². The van der Waals surface area contributed by atoms with Crippen LogP contribution in [-0.2, 0) is 6.42 Å². The molecule has 1 aliphatic heterocycles. The highest BCUT2D eigenvalue weighted by molar-refractivity contribution is 9.10. The van der Waals surface area contributed by atoms with Gasteiger partial charge in [0.15, 0.2) is 0 Å². The smallest absolute Gasteiger partial charge is 0.321 e. The van der Waals surface area contributed by atoms with Crippen molar-refractivity contribution in [2.75, 3.05) is 36.4 Å². The summed E-state index contributed by atoms with van der Waals surface area (Å²) in [6.45, 7) is 4.59. The maximum atomic E-state index is 13.1. The van der Waals surface area contributed by atoms with E-state index in [0.29, 0.717) is 43.3 Å². The van der Waals surface area contributed by atoms with Crippen LogP contribution >= 0.6 is 15.9 Å². The summed E-state index contributed by atoms with van der Waals surface area (Å²) in [5.74, 6) is 1.42. The fraction of sp³-hybridized carbons (Fsp3) is 0.233. The quantitative estimate of drug-likeness (QED) is 0.262. The molecule has 1 saturated heterocycles. The normalized spacial score (nSPS) is 13.8. The second-order valence-electron chi connectivity index (χ2n) is 9.82. The molecule has 4 heterocycles. The number of pyridine rings is 1. The molecule has 1 aliphatic rings. The van der Waals surface area contributed by atoms with Crippen molar-refractivity contribution in [2.24, 2.45) is 0 Å². The molecule has 1 fully saturated rings. The van der Waals surface area contributed by atoms with E-state index in [-0.39, 0.29) is 6.03 Å². The summed E-state index contributed by atoms with van der Waals surface area (Å²) in [6.07, 6.45) is 4.85. The van der Waals surface area contributed by atoms with Crippen molar-refractivity contribution >= 4 is 44.6 Å². The predicted molar refractivity (Wildman–Crippen MR) is 158 cm³/mol. The molecule has 0 unspecified atom stereocenters. The van der Waals surface area contributed by atoms with Crippen molar-refractivity contribution in [3.63, 3.8) is 0 Å². The van der Waals surface area contributed by atoms with Gasteiger partial charge in [-0.2, -0.15) is 4.98 Å². The molecule has 0 radical (unpaired) electrons. The minimum Gasteiger partial charge on any atom is -0.354 e. The number of benzene rings is 2. The lowest BCUT2D eigenvalue weighted by atomic mass is 10.1. The zero-order valence-electron chi connectivity index (χ0n) is 22.0. The molecule has 3 aromatic heterocycles. The summed E-state index contributed by atoms with van der Waals surface area (Å²) >= 11 is 3.51. The van der Waals surface area contributed by atoms with Crippen molar-refractivity contribution in [3.05, 3.63) is 94.5 Å². The maximum Gasteiger partial charge on any atom is 0.321 e.